The molecule has 0 aliphatic rings. The van der Waals surface area contributed by atoms with Gasteiger partial charge < -0.3 is 14.4 Å². The summed E-state index contributed by atoms with van der Waals surface area (Å²) in [6, 6.07) is 0. The van der Waals surface area contributed by atoms with Crippen LogP contribution in [-0.2, 0) is 9.53 Å². The minimum absolute atomic E-state index is 0.161. The van der Waals surface area contributed by atoms with Crippen molar-refractivity contribution < 1.29 is 14.3 Å². The van der Waals surface area contributed by atoms with Gasteiger partial charge in [-0.1, -0.05) is 0 Å². The Labute approximate surface area is 107 Å². The van der Waals surface area contributed by atoms with Gasteiger partial charge in [0.2, 0.25) is 5.88 Å². The van der Waals surface area contributed by atoms with E-state index in [4.69, 9.17) is 9.47 Å². The predicted molar refractivity (Wildman–Crippen MR) is 67.7 cm³/mol. The molecule has 0 unspecified atom stereocenters. The molecule has 18 heavy (non-hydrogen) atoms. The molecule has 1 aromatic rings. The van der Waals surface area contributed by atoms with Gasteiger partial charge in [0.15, 0.2) is 5.82 Å². The normalized spacial score (nSPS) is 9.94. The molecule has 100 valence electrons. The molecule has 1 heterocycles. The van der Waals surface area contributed by atoms with E-state index in [1.54, 1.807) is 24.2 Å². The van der Waals surface area contributed by atoms with Crippen LogP contribution < -0.4 is 9.64 Å². The van der Waals surface area contributed by atoms with Crippen molar-refractivity contribution in [2.75, 3.05) is 31.2 Å². The molecular formula is C12H19N3O3. The van der Waals surface area contributed by atoms with Gasteiger partial charge in [-0.25, -0.2) is 0 Å². The summed E-state index contributed by atoms with van der Waals surface area (Å²) in [6.07, 6.45) is 3.15. The monoisotopic (exact) mass is 253 g/mol. The number of esters is 1. The Morgan fingerprint density at radius 2 is 2.06 bits per heavy atom. The SMILES string of the molecule is CCOC(=O)CN(CC)c1cncc(OCC)n1. The van der Waals surface area contributed by atoms with E-state index >= 15 is 0 Å². The summed E-state index contributed by atoms with van der Waals surface area (Å²) in [6.45, 7) is 7.31. The Hall–Kier alpha value is -1.85. The molecule has 0 aromatic carbocycles. The van der Waals surface area contributed by atoms with E-state index in [9.17, 15) is 4.79 Å². The highest BCUT2D eigenvalue weighted by molar-refractivity contribution is 5.75. The molecule has 1 aromatic heterocycles. The summed E-state index contributed by atoms with van der Waals surface area (Å²) < 4.78 is 10.2. The number of anilines is 1. The van der Waals surface area contributed by atoms with Gasteiger partial charge in [-0.15, -0.1) is 0 Å². The van der Waals surface area contributed by atoms with Crippen LogP contribution in [0.1, 0.15) is 20.8 Å². The lowest BCUT2D eigenvalue weighted by molar-refractivity contribution is -0.141. The molecule has 0 aliphatic carbocycles. The first-order valence-electron chi connectivity index (χ1n) is 6.06. The van der Waals surface area contributed by atoms with Crippen LogP contribution in [0.25, 0.3) is 0 Å². The second-order valence-corrected chi connectivity index (χ2v) is 3.47. The van der Waals surface area contributed by atoms with Gasteiger partial charge in [-0.05, 0) is 20.8 Å². The Morgan fingerprint density at radius 3 is 2.67 bits per heavy atom. The number of hydrogen-bond donors (Lipinski definition) is 0. The van der Waals surface area contributed by atoms with Gasteiger partial charge in [0.1, 0.15) is 6.54 Å². The summed E-state index contributed by atoms with van der Waals surface area (Å²) in [5.41, 5.74) is 0. The van der Waals surface area contributed by atoms with Crippen molar-refractivity contribution in [2.45, 2.75) is 20.8 Å². The molecule has 0 fully saturated rings. The van der Waals surface area contributed by atoms with Crippen molar-refractivity contribution in [2.24, 2.45) is 0 Å². The third-order valence-corrected chi connectivity index (χ3v) is 2.22. The highest BCUT2D eigenvalue weighted by Crippen LogP contribution is 2.13. The van der Waals surface area contributed by atoms with Crippen LogP contribution in [0, 0.1) is 0 Å². The van der Waals surface area contributed by atoms with Crippen molar-refractivity contribution >= 4 is 11.8 Å². The van der Waals surface area contributed by atoms with Crippen LogP contribution in [0.15, 0.2) is 12.4 Å². The van der Waals surface area contributed by atoms with Crippen LogP contribution in [-0.4, -0.2) is 42.2 Å². The third kappa shape index (κ3) is 4.20. The standard InChI is InChI=1S/C12H19N3O3/c1-4-15(9-12(16)18-6-3)10-7-13-8-11(14-10)17-5-2/h7-8H,4-6,9H2,1-3H3. The summed E-state index contributed by atoms with van der Waals surface area (Å²) in [5.74, 6) is 0.789. The van der Waals surface area contributed by atoms with Gasteiger partial charge in [-0.2, -0.15) is 4.98 Å². The maximum absolute atomic E-state index is 11.5. The van der Waals surface area contributed by atoms with Crippen LogP contribution in [0.5, 0.6) is 5.88 Å². The molecule has 0 saturated heterocycles. The molecular weight excluding hydrogens is 234 g/mol. The summed E-state index contributed by atoms with van der Waals surface area (Å²) in [4.78, 5) is 21.6. The topological polar surface area (TPSA) is 64.5 Å². The number of ether oxygens (including phenoxy) is 2. The Bertz CT molecular complexity index is 385. The molecule has 0 amide bonds. The molecule has 0 saturated carbocycles. The Morgan fingerprint density at radius 1 is 1.28 bits per heavy atom. The van der Waals surface area contributed by atoms with Crippen LogP contribution in [0.2, 0.25) is 0 Å². The van der Waals surface area contributed by atoms with E-state index in [0.29, 0.717) is 31.5 Å². The molecule has 6 heteroatoms. The first kappa shape index (κ1) is 14.2. The van der Waals surface area contributed by atoms with Gasteiger partial charge in [0, 0.05) is 6.54 Å². The van der Waals surface area contributed by atoms with Gasteiger partial charge in [0.05, 0.1) is 25.6 Å². The van der Waals surface area contributed by atoms with Crippen molar-refractivity contribution in [3.05, 3.63) is 12.4 Å². The van der Waals surface area contributed by atoms with Crippen molar-refractivity contribution in [3.63, 3.8) is 0 Å². The highest BCUT2D eigenvalue weighted by Gasteiger charge is 2.12. The zero-order valence-electron chi connectivity index (χ0n) is 11.0. The van der Waals surface area contributed by atoms with E-state index in [-0.39, 0.29) is 12.5 Å². The van der Waals surface area contributed by atoms with E-state index in [0.717, 1.165) is 0 Å². The average molecular weight is 253 g/mol. The summed E-state index contributed by atoms with van der Waals surface area (Å²) >= 11 is 0. The molecule has 0 atom stereocenters. The first-order valence-corrected chi connectivity index (χ1v) is 6.06. The Balaban J connectivity index is 2.74. The van der Waals surface area contributed by atoms with Crippen molar-refractivity contribution in [1.29, 1.82) is 0 Å². The average Bonchev–Trinajstić information content (AvgIpc) is 2.37. The van der Waals surface area contributed by atoms with Crippen LogP contribution >= 0.6 is 0 Å². The fraction of sp³-hybridized carbons (Fsp3) is 0.583. The molecule has 0 bridgehead atoms. The lowest BCUT2D eigenvalue weighted by Crippen LogP contribution is -2.31. The van der Waals surface area contributed by atoms with Crippen LogP contribution in [0.3, 0.4) is 0 Å². The van der Waals surface area contributed by atoms with Crippen LogP contribution in [0.4, 0.5) is 5.82 Å². The second kappa shape index (κ2) is 7.47. The maximum atomic E-state index is 11.5. The molecule has 0 N–H and O–H groups in total. The summed E-state index contributed by atoms with van der Waals surface area (Å²) in [5, 5.41) is 0. The zero-order valence-corrected chi connectivity index (χ0v) is 11.0. The fourth-order valence-corrected chi connectivity index (χ4v) is 1.43. The molecule has 6 nitrogen and oxygen atoms in total. The number of carbonyl (C=O) groups excluding carboxylic acids is 1. The minimum Gasteiger partial charge on any atom is -0.477 e. The van der Waals surface area contributed by atoms with Gasteiger partial charge in [-0.3, -0.25) is 9.78 Å². The number of aromatic nitrogens is 2. The number of hydrogen-bond acceptors (Lipinski definition) is 6. The van der Waals surface area contributed by atoms with Gasteiger partial charge >= 0.3 is 5.97 Å². The quantitative estimate of drug-likeness (QED) is 0.682. The lowest BCUT2D eigenvalue weighted by Gasteiger charge is -2.20. The van der Waals surface area contributed by atoms with Crippen molar-refractivity contribution in [3.8, 4) is 5.88 Å². The van der Waals surface area contributed by atoms with E-state index < -0.39 is 0 Å². The Kier molecular flexibility index (Phi) is 5.90. The highest BCUT2D eigenvalue weighted by atomic mass is 16.5. The smallest absolute Gasteiger partial charge is 0.325 e. The van der Waals surface area contributed by atoms with Gasteiger partial charge in [0.25, 0.3) is 0 Å². The molecule has 0 radical (unpaired) electrons. The van der Waals surface area contributed by atoms with E-state index in [2.05, 4.69) is 9.97 Å². The molecule has 0 aliphatic heterocycles. The molecule has 1 rings (SSSR count). The maximum Gasteiger partial charge on any atom is 0.325 e. The minimum atomic E-state index is -0.275. The number of rotatable bonds is 7. The largest absolute Gasteiger partial charge is 0.477 e. The molecule has 0 spiro atoms. The first-order chi connectivity index (χ1) is 8.71. The zero-order chi connectivity index (χ0) is 13.4. The third-order valence-electron chi connectivity index (χ3n) is 2.22. The van der Waals surface area contributed by atoms with E-state index in [1.807, 2.05) is 13.8 Å². The van der Waals surface area contributed by atoms with E-state index in [1.165, 1.54) is 0 Å². The number of nitrogens with zero attached hydrogens (tertiary/aromatic N) is 3. The fourth-order valence-electron chi connectivity index (χ4n) is 1.43. The summed E-state index contributed by atoms with van der Waals surface area (Å²) in [7, 11) is 0. The second-order valence-electron chi connectivity index (χ2n) is 3.47. The lowest BCUT2D eigenvalue weighted by atomic mass is 10.4. The number of carbonyl (C=O) groups is 1. The van der Waals surface area contributed by atoms with Crippen molar-refractivity contribution in [1.82, 2.24) is 9.97 Å². The predicted octanol–water partition coefficient (Wildman–Crippen LogP) is 1.26. The number of likely N-dealkylation sites (N-methyl/N-ethyl adjacent to an activating group) is 1.